The van der Waals surface area contributed by atoms with Crippen LogP contribution in [0.2, 0.25) is 0 Å². The van der Waals surface area contributed by atoms with Gasteiger partial charge in [-0.25, -0.2) is 0 Å². The molecule has 0 fully saturated rings. The van der Waals surface area contributed by atoms with Crippen LogP contribution in [0.25, 0.3) is 0 Å². The molecule has 0 spiro atoms. The molecule has 3 heteroatoms. The molecule has 0 saturated carbocycles. The van der Waals surface area contributed by atoms with Gasteiger partial charge in [0.05, 0.1) is 5.92 Å². The van der Waals surface area contributed by atoms with Gasteiger partial charge in [0.25, 0.3) is 0 Å². The number of rotatable bonds is 4. The SMILES string of the molecule is CCC(CN)C(=O)Nc1ccc(C(C)(C)C)cc1. The molecule has 3 N–H and O–H groups in total. The van der Waals surface area contributed by atoms with Gasteiger partial charge in [-0.2, -0.15) is 0 Å². The van der Waals surface area contributed by atoms with E-state index in [1.807, 2.05) is 19.1 Å². The predicted octanol–water partition coefficient (Wildman–Crippen LogP) is 2.91. The van der Waals surface area contributed by atoms with Crippen molar-refractivity contribution < 1.29 is 4.79 Å². The first kappa shape index (κ1) is 14.7. The molecule has 0 heterocycles. The summed E-state index contributed by atoms with van der Waals surface area (Å²) >= 11 is 0. The minimum absolute atomic E-state index is 0.00325. The summed E-state index contributed by atoms with van der Waals surface area (Å²) in [6, 6.07) is 8.00. The summed E-state index contributed by atoms with van der Waals surface area (Å²) in [5.74, 6) is -0.101. The van der Waals surface area contributed by atoms with Crippen molar-refractivity contribution in [1.82, 2.24) is 0 Å². The quantitative estimate of drug-likeness (QED) is 0.860. The second kappa shape index (κ2) is 6.01. The Hall–Kier alpha value is -1.35. The Morgan fingerprint density at radius 1 is 1.28 bits per heavy atom. The zero-order valence-corrected chi connectivity index (χ0v) is 11.8. The maximum Gasteiger partial charge on any atom is 0.228 e. The highest BCUT2D eigenvalue weighted by atomic mass is 16.1. The average Bonchev–Trinajstić information content (AvgIpc) is 2.30. The second-order valence-electron chi connectivity index (χ2n) is 5.66. The molecule has 1 rings (SSSR count). The Morgan fingerprint density at radius 3 is 2.22 bits per heavy atom. The van der Waals surface area contributed by atoms with E-state index in [0.29, 0.717) is 6.54 Å². The smallest absolute Gasteiger partial charge is 0.228 e. The van der Waals surface area contributed by atoms with Crippen LogP contribution < -0.4 is 11.1 Å². The average molecular weight is 248 g/mol. The minimum atomic E-state index is -0.104. The number of carbonyl (C=O) groups is 1. The number of hydrogen-bond acceptors (Lipinski definition) is 2. The first-order valence-corrected chi connectivity index (χ1v) is 6.50. The topological polar surface area (TPSA) is 55.1 Å². The van der Waals surface area contributed by atoms with Crippen LogP contribution in [-0.4, -0.2) is 12.5 Å². The number of hydrogen-bond donors (Lipinski definition) is 2. The van der Waals surface area contributed by atoms with E-state index in [1.165, 1.54) is 5.56 Å². The molecule has 0 bridgehead atoms. The lowest BCUT2D eigenvalue weighted by Crippen LogP contribution is -2.28. The van der Waals surface area contributed by atoms with Gasteiger partial charge in [0, 0.05) is 12.2 Å². The van der Waals surface area contributed by atoms with E-state index in [2.05, 4.69) is 38.2 Å². The Morgan fingerprint density at radius 2 is 1.83 bits per heavy atom. The van der Waals surface area contributed by atoms with Gasteiger partial charge >= 0.3 is 0 Å². The fourth-order valence-corrected chi connectivity index (χ4v) is 1.76. The molecule has 1 aromatic carbocycles. The van der Waals surface area contributed by atoms with Crippen molar-refractivity contribution >= 4 is 11.6 Å². The molecular formula is C15H24N2O. The number of benzene rings is 1. The molecule has 3 nitrogen and oxygen atoms in total. The summed E-state index contributed by atoms with van der Waals surface area (Å²) in [6.45, 7) is 8.87. The van der Waals surface area contributed by atoms with Crippen LogP contribution in [-0.2, 0) is 10.2 Å². The van der Waals surface area contributed by atoms with Crippen molar-refractivity contribution in [2.45, 2.75) is 39.5 Å². The largest absolute Gasteiger partial charge is 0.330 e. The molecule has 0 aliphatic heterocycles. The van der Waals surface area contributed by atoms with Gasteiger partial charge in [0.15, 0.2) is 0 Å². The van der Waals surface area contributed by atoms with Crippen molar-refractivity contribution in [2.24, 2.45) is 11.7 Å². The van der Waals surface area contributed by atoms with Crippen LogP contribution in [0.1, 0.15) is 39.7 Å². The van der Waals surface area contributed by atoms with E-state index in [-0.39, 0.29) is 17.2 Å². The maximum atomic E-state index is 11.9. The van der Waals surface area contributed by atoms with E-state index in [9.17, 15) is 4.79 Å². The summed E-state index contributed by atoms with van der Waals surface area (Å²) in [5, 5.41) is 2.90. The van der Waals surface area contributed by atoms with Crippen LogP contribution in [0.15, 0.2) is 24.3 Å². The van der Waals surface area contributed by atoms with Gasteiger partial charge < -0.3 is 11.1 Å². The molecule has 1 amide bonds. The summed E-state index contributed by atoms with van der Waals surface area (Å²) < 4.78 is 0. The highest BCUT2D eigenvalue weighted by molar-refractivity contribution is 5.92. The van der Waals surface area contributed by atoms with E-state index >= 15 is 0 Å². The van der Waals surface area contributed by atoms with Crippen molar-refractivity contribution in [2.75, 3.05) is 11.9 Å². The highest BCUT2D eigenvalue weighted by Gasteiger charge is 2.16. The number of nitrogens with two attached hydrogens (primary N) is 1. The van der Waals surface area contributed by atoms with Crippen molar-refractivity contribution in [1.29, 1.82) is 0 Å². The van der Waals surface area contributed by atoms with Gasteiger partial charge in [-0.05, 0) is 29.5 Å². The third-order valence-corrected chi connectivity index (χ3v) is 3.17. The lowest BCUT2D eigenvalue weighted by Gasteiger charge is -2.19. The second-order valence-corrected chi connectivity index (χ2v) is 5.66. The van der Waals surface area contributed by atoms with Crippen LogP contribution in [0, 0.1) is 5.92 Å². The Kier molecular flexibility index (Phi) is 4.91. The molecular weight excluding hydrogens is 224 g/mol. The normalized spacial score (nSPS) is 13.2. The van der Waals surface area contributed by atoms with Gasteiger partial charge in [-0.3, -0.25) is 4.79 Å². The minimum Gasteiger partial charge on any atom is -0.330 e. The van der Waals surface area contributed by atoms with E-state index in [4.69, 9.17) is 5.73 Å². The van der Waals surface area contributed by atoms with E-state index in [0.717, 1.165) is 12.1 Å². The van der Waals surface area contributed by atoms with Crippen LogP contribution >= 0.6 is 0 Å². The van der Waals surface area contributed by atoms with Crippen molar-refractivity contribution in [3.8, 4) is 0 Å². The highest BCUT2D eigenvalue weighted by Crippen LogP contribution is 2.23. The third kappa shape index (κ3) is 3.84. The Labute approximate surface area is 110 Å². The molecule has 0 radical (unpaired) electrons. The molecule has 0 aromatic heterocycles. The van der Waals surface area contributed by atoms with Crippen molar-refractivity contribution in [3.63, 3.8) is 0 Å². The number of anilines is 1. The van der Waals surface area contributed by atoms with Gasteiger partial charge in [0.2, 0.25) is 5.91 Å². The molecule has 100 valence electrons. The Balaban J connectivity index is 2.72. The molecule has 1 unspecified atom stereocenters. The van der Waals surface area contributed by atoms with Crippen molar-refractivity contribution in [3.05, 3.63) is 29.8 Å². The maximum absolute atomic E-state index is 11.9. The molecule has 1 aromatic rings. The van der Waals surface area contributed by atoms with Gasteiger partial charge in [-0.15, -0.1) is 0 Å². The summed E-state index contributed by atoms with van der Waals surface area (Å²) in [7, 11) is 0. The molecule has 0 aliphatic carbocycles. The monoisotopic (exact) mass is 248 g/mol. The number of nitrogens with one attached hydrogen (secondary N) is 1. The van der Waals surface area contributed by atoms with Gasteiger partial charge in [0.1, 0.15) is 0 Å². The molecule has 0 aliphatic rings. The summed E-state index contributed by atoms with van der Waals surface area (Å²) in [5.41, 5.74) is 7.78. The van der Waals surface area contributed by atoms with Crippen LogP contribution in [0.5, 0.6) is 0 Å². The van der Waals surface area contributed by atoms with Crippen LogP contribution in [0.4, 0.5) is 5.69 Å². The third-order valence-electron chi connectivity index (χ3n) is 3.17. The molecule has 1 atom stereocenters. The number of amides is 1. The molecule has 18 heavy (non-hydrogen) atoms. The Bertz CT molecular complexity index is 386. The van der Waals surface area contributed by atoms with E-state index in [1.54, 1.807) is 0 Å². The zero-order valence-electron chi connectivity index (χ0n) is 11.8. The van der Waals surface area contributed by atoms with Gasteiger partial charge in [-0.1, -0.05) is 39.8 Å². The predicted molar refractivity (Wildman–Crippen MR) is 76.6 cm³/mol. The standard InChI is InChI=1S/C15H24N2O/c1-5-11(10-16)14(18)17-13-8-6-12(7-9-13)15(2,3)4/h6-9,11H,5,10,16H2,1-4H3,(H,17,18). The van der Waals surface area contributed by atoms with Crippen LogP contribution in [0.3, 0.4) is 0 Å². The fraction of sp³-hybridized carbons (Fsp3) is 0.533. The lowest BCUT2D eigenvalue weighted by atomic mass is 9.87. The van der Waals surface area contributed by atoms with E-state index < -0.39 is 0 Å². The number of carbonyl (C=O) groups excluding carboxylic acids is 1. The fourth-order valence-electron chi connectivity index (χ4n) is 1.76. The lowest BCUT2D eigenvalue weighted by molar-refractivity contribution is -0.119. The first-order chi connectivity index (χ1) is 8.38. The molecule has 0 saturated heterocycles. The summed E-state index contributed by atoms with van der Waals surface area (Å²) in [6.07, 6.45) is 0.766. The zero-order chi connectivity index (χ0) is 13.8. The first-order valence-electron chi connectivity index (χ1n) is 6.50. The summed E-state index contributed by atoms with van der Waals surface area (Å²) in [4.78, 5) is 11.9.